The smallest absolute Gasteiger partial charge is 0.363 e. The lowest BCUT2D eigenvalue weighted by molar-refractivity contribution is -0.129. The minimum atomic E-state index is -0.645. The van der Waals surface area contributed by atoms with Crippen LogP contribution < -0.4 is 9.47 Å². The summed E-state index contributed by atoms with van der Waals surface area (Å²) in [6, 6.07) is 16.3. The summed E-state index contributed by atoms with van der Waals surface area (Å²) in [6.07, 6.45) is 1.51. The Kier molecular flexibility index (Phi) is 6.44. The Morgan fingerprint density at radius 3 is 2.66 bits per heavy atom. The second-order valence-corrected chi connectivity index (χ2v) is 7.56. The molecule has 0 bridgehead atoms. The van der Waals surface area contributed by atoms with Crippen molar-refractivity contribution in [3.63, 3.8) is 0 Å². The number of halogens is 3. The van der Waals surface area contributed by atoms with Gasteiger partial charge in [0, 0.05) is 16.1 Å². The fourth-order valence-corrected chi connectivity index (χ4v) is 3.55. The zero-order chi connectivity index (χ0) is 22.7. The highest BCUT2D eigenvalue weighted by molar-refractivity contribution is 6.37. The van der Waals surface area contributed by atoms with Crippen molar-refractivity contribution in [2.24, 2.45) is 4.99 Å². The van der Waals surface area contributed by atoms with Crippen LogP contribution in [0.1, 0.15) is 16.7 Å². The maximum atomic E-state index is 14.0. The number of carbonyl (C=O) groups is 1. The number of hydrogen-bond donors (Lipinski definition) is 0. The highest BCUT2D eigenvalue weighted by atomic mass is 35.5. The maximum absolute atomic E-state index is 14.0. The zero-order valence-electron chi connectivity index (χ0n) is 16.8. The van der Waals surface area contributed by atoms with Crippen LogP contribution in [0.4, 0.5) is 4.39 Å². The number of ether oxygens (including phenoxy) is 3. The van der Waals surface area contributed by atoms with Gasteiger partial charge < -0.3 is 14.2 Å². The standard InChI is InChI=1S/C24H16Cl2FNO4/c1-30-21-8-4-6-14(22(21)31-13-15-5-2-3-7-19(15)27)11-20-24(29)32-23(28-20)17-10-9-16(25)12-18(17)26/h2-12H,13H2,1H3/b20-11-. The van der Waals surface area contributed by atoms with Crippen molar-refractivity contribution in [2.75, 3.05) is 7.11 Å². The lowest BCUT2D eigenvalue weighted by atomic mass is 10.1. The van der Waals surface area contributed by atoms with E-state index in [2.05, 4.69) is 4.99 Å². The Morgan fingerprint density at radius 2 is 1.91 bits per heavy atom. The van der Waals surface area contributed by atoms with E-state index < -0.39 is 5.97 Å². The Labute approximate surface area is 193 Å². The first-order chi connectivity index (χ1) is 15.5. The molecule has 32 heavy (non-hydrogen) atoms. The second kappa shape index (κ2) is 9.42. The quantitative estimate of drug-likeness (QED) is 0.323. The molecular formula is C24H16Cl2FNO4. The number of esters is 1. The molecule has 0 radical (unpaired) electrons. The molecule has 0 aliphatic carbocycles. The number of para-hydroxylation sites is 1. The number of hydrogen-bond acceptors (Lipinski definition) is 5. The van der Waals surface area contributed by atoms with Gasteiger partial charge in [-0.3, -0.25) is 0 Å². The average Bonchev–Trinajstić information content (AvgIpc) is 3.13. The Morgan fingerprint density at radius 1 is 1.09 bits per heavy atom. The number of benzene rings is 3. The topological polar surface area (TPSA) is 57.1 Å². The van der Waals surface area contributed by atoms with E-state index in [9.17, 15) is 9.18 Å². The minimum Gasteiger partial charge on any atom is -0.493 e. The number of nitrogens with zero attached hydrogens (tertiary/aromatic N) is 1. The van der Waals surface area contributed by atoms with E-state index in [0.29, 0.717) is 38.2 Å². The molecule has 8 heteroatoms. The van der Waals surface area contributed by atoms with Gasteiger partial charge in [0.15, 0.2) is 17.2 Å². The van der Waals surface area contributed by atoms with Crippen LogP contribution in [0.3, 0.4) is 0 Å². The maximum Gasteiger partial charge on any atom is 0.363 e. The summed E-state index contributed by atoms with van der Waals surface area (Å²) in [5.41, 5.74) is 1.39. The van der Waals surface area contributed by atoms with Crippen LogP contribution in [-0.2, 0) is 16.1 Å². The van der Waals surface area contributed by atoms with Crippen LogP contribution in [0.15, 0.2) is 71.4 Å². The van der Waals surface area contributed by atoms with Gasteiger partial charge in [0.1, 0.15) is 12.4 Å². The monoisotopic (exact) mass is 471 g/mol. The molecule has 1 aliphatic rings. The third-order valence-electron chi connectivity index (χ3n) is 4.63. The van der Waals surface area contributed by atoms with Crippen molar-refractivity contribution in [1.82, 2.24) is 0 Å². The van der Waals surface area contributed by atoms with Crippen molar-refractivity contribution in [1.29, 1.82) is 0 Å². The van der Waals surface area contributed by atoms with E-state index in [-0.39, 0.29) is 24.0 Å². The largest absolute Gasteiger partial charge is 0.493 e. The molecule has 3 aromatic carbocycles. The molecule has 1 heterocycles. The zero-order valence-corrected chi connectivity index (χ0v) is 18.3. The molecule has 0 spiro atoms. The summed E-state index contributed by atoms with van der Waals surface area (Å²) in [6.45, 7) is -0.0252. The van der Waals surface area contributed by atoms with Gasteiger partial charge in [0.2, 0.25) is 5.90 Å². The van der Waals surface area contributed by atoms with Gasteiger partial charge in [0.05, 0.1) is 17.7 Å². The Hall–Kier alpha value is -3.35. The summed E-state index contributed by atoms with van der Waals surface area (Å²) in [5.74, 6) is -0.192. The summed E-state index contributed by atoms with van der Waals surface area (Å²) in [5, 5.41) is 0.757. The summed E-state index contributed by atoms with van der Waals surface area (Å²) >= 11 is 12.1. The molecule has 0 unspecified atom stereocenters. The van der Waals surface area contributed by atoms with Crippen molar-refractivity contribution >= 4 is 41.1 Å². The molecule has 0 saturated carbocycles. The molecule has 1 aliphatic heterocycles. The SMILES string of the molecule is COc1cccc(/C=C2\N=C(c3ccc(Cl)cc3Cl)OC2=O)c1OCc1ccccc1F. The lowest BCUT2D eigenvalue weighted by Crippen LogP contribution is -2.06. The Bertz CT molecular complexity index is 1260. The van der Waals surface area contributed by atoms with Gasteiger partial charge in [-0.05, 0) is 36.4 Å². The summed E-state index contributed by atoms with van der Waals surface area (Å²) < 4.78 is 30.5. The molecular weight excluding hydrogens is 456 g/mol. The van der Waals surface area contributed by atoms with Crippen LogP contribution in [-0.4, -0.2) is 19.0 Å². The third kappa shape index (κ3) is 4.61. The summed E-state index contributed by atoms with van der Waals surface area (Å²) in [7, 11) is 1.49. The lowest BCUT2D eigenvalue weighted by Gasteiger charge is -2.14. The van der Waals surface area contributed by atoms with Gasteiger partial charge in [-0.25, -0.2) is 14.2 Å². The molecule has 0 fully saturated rings. The predicted molar refractivity (Wildman–Crippen MR) is 121 cm³/mol. The van der Waals surface area contributed by atoms with E-state index in [1.165, 1.54) is 25.3 Å². The van der Waals surface area contributed by atoms with Gasteiger partial charge in [0.25, 0.3) is 0 Å². The molecule has 0 aromatic heterocycles. The van der Waals surface area contributed by atoms with Crippen LogP contribution >= 0.6 is 23.2 Å². The van der Waals surface area contributed by atoms with Crippen molar-refractivity contribution in [3.05, 3.63) is 98.9 Å². The van der Waals surface area contributed by atoms with Crippen LogP contribution in [0.2, 0.25) is 10.0 Å². The molecule has 162 valence electrons. The van der Waals surface area contributed by atoms with Crippen LogP contribution in [0.25, 0.3) is 6.08 Å². The first-order valence-electron chi connectivity index (χ1n) is 9.47. The van der Waals surface area contributed by atoms with Gasteiger partial charge in [-0.1, -0.05) is 53.5 Å². The van der Waals surface area contributed by atoms with E-state index in [0.717, 1.165) is 0 Å². The van der Waals surface area contributed by atoms with Gasteiger partial charge in [-0.2, -0.15) is 0 Å². The highest BCUT2D eigenvalue weighted by Crippen LogP contribution is 2.35. The number of methoxy groups -OCH3 is 1. The van der Waals surface area contributed by atoms with E-state index in [1.54, 1.807) is 48.5 Å². The van der Waals surface area contributed by atoms with Gasteiger partial charge >= 0.3 is 5.97 Å². The van der Waals surface area contributed by atoms with Gasteiger partial charge in [-0.15, -0.1) is 0 Å². The third-order valence-corrected chi connectivity index (χ3v) is 5.18. The number of cyclic esters (lactones) is 1. The van der Waals surface area contributed by atoms with E-state index in [1.807, 2.05) is 0 Å². The molecule has 5 nitrogen and oxygen atoms in total. The normalized spacial score (nSPS) is 14.3. The molecule has 4 rings (SSSR count). The molecule has 0 atom stereocenters. The molecule has 3 aromatic rings. The van der Waals surface area contributed by atoms with E-state index >= 15 is 0 Å². The van der Waals surface area contributed by atoms with E-state index in [4.69, 9.17) is 37.4 Å². The minimum absolute atomic E-state index is 0.0252. The molecule has 0 N–H and O–H groups in total. The summed E-state index contributed by atoms with van der Waals surface area (Å²) in [4.78, 5) is 16.7. The van der Waals surface area contributed by atoms with Crippen molar-refractivity contribution in [2.45, 2.75) is 6.61 Å². The number of aliphatic imine (C=N–C) groups is 1. The van der Waals surface area contributed by atoms with Crippen LogP contribution in [0, 0.1) is 5.82 Å². The molecule has 0 saturated heterocycles. The molecule has 0 amide bonds. The predicted octanol–water partition coefficient (Wildman–Crippen LogP) is 6.06. The van der Waals surface area contributed by atoms with Crippen molar-refractivity contribution in [3.8, 4) is 11.5 Å². The Balaban J connectivity index is 1.68. The van der Waals surface area contributed by atoms with Crippen LogP contribution in [0.5, 0.6) is 11.5 Å². The first kappa shape index (κ1) is 21.9. The average molecular weight is 472 g/mol. The van der Waals surface area contributed by atoms with Crippen molar-refractivity contribution < 1.29 is 23.4 Å². The second-order valence-electron chi connectivity index (χ2n) is 6.72. The number of carbonyl (C=O) groups excluding carboxylic acids is 1. The highest BCUT2D eigenvalue weighted by Gasteiger charge is 2.26. The fourth-order valence-electron chi connectivity index (χ4n) is 3.06. The number of rotatable bonds is 6. The first-order valence-corrected chi connectivity index (χ1v) is 10.2. The fraction of sp³-hybridized carbons (Fsp3) is 0.0833.